The Morgan fingerprint density at radius 3 is 2.69 bits per heavy atom. The number of alkyl halides is 1. The highest BCUT2D eigenvalue weighted by molar-refractivity contribution is 5.90. The molecule has 1 fully saturated rings. The highest BCUT2D eigenvalue weighted by atomic mass is 19.1. The summed E-state index contributed by atoms with van der Waals surface area (Å²) < 4.78 is 32.0. The van der Waals surface area contributed by atoms with Gasteiger partial charge in [0.25, 0.3) is 0 Å². The van der Waals surface area contributed by atoms with E-state index < -0.39 is 18.0 Å². The molecule has 29 heavy (non-hydrogen) atoms. The molecule has 2 aromatic rings. The smallest absolute Gasteiger partial charge is 0.414 e. The number of halogens is 2. The van der Waals surface area contributed by atoms with Crippen LogP contribution in [-0.4, -0.2) is 44.9 Å². The highest BCUT2D eigenvalue weighted by Gasteiger charge is 2.32. The molecule has 0 unspecified atom stereocenters. The van der Waals surface area contributed by atoms with Gasteiger partial charge in [0.1, 0.15) is 11.9 Å². The van der Waals surface area contributed by atoms with Gasteiger partial charge in [0.15, 0.2) is 0 Å². The molecule has 8 heteroatoms. The van der Waals surface area contributed by atoms with Crippen LogP contribution in [0.1, 0.15) is 12.0 Å². The van der Waals surface area contributed by atoms with Crippen LogP contribution >= 0.6 is 0 Å². The van der Waals surface area contributed by atoms with E-state index in [2.05, 4.69) is 10.6 Å². The van der Waals surface area contributed by atoms with Crippen molar-refractivity contribution in [3.8, 4) is 11.1 Å². The van der Waals surface area contributed by atoms with Gasteiger partial charge in [0.2, 0.25) is 6.41 Å². The zero-order valence-electron chi connectivity index (χ0n) is 15.9. The van der Waals surface area contributed by atoms with E-state index >= 15 is 0 Å². The van der Waals surface area contributed by atoms with E-state index in [0.29, 0.717) is 37.2 Å². The Kier molecular flexibility index (Phi) is 7.13. The van der Waals surface area contributed by atoms with Crippen molar-refractivity contribution in [1.82, 2.24) is 10.6 Å². The van der Waals surface area contributed by atoms with Gasteiger partial charge in [-0.2, -0.15) is 0 Å². The van der Waals surface area contributed by atoms with Gasteiger partial charge in [-0.25, -0.2) is 9.18 Å². The van der Waals surface area contributed by atoms with Crippen LogP contribution in [0.2, 0.25) is 0 Å². The van der Waals surface area contributed by atoms with Crippen molar-refractivity contribution in [2.24, 2.45) is 0 Å². The summed E-state index contributed by atoms with van der Waals surface area (Å²) in [6.07, 6.45) is -0.0220. The number of nitrogens with zero attached hydrogens (tertiary/aromatic N) is 1. The Balaban J connectivity index is 1.66. The molecule has 1 aliphatic rings. The van der Waals surface area contributed by atoms with Crippen LogP contribution in [0.15, 0.2) is 42.5 Å². The lowest BCUT2D eigenvalue weighted by molar-refractivity contribution is -0.109. The van der Waals surface area contributed by atoms with Gasteiger partial charge in [-0.1, -0.05) is 24.3 Å². The standard InChI is InChI=1S/C21H23F2N3O3/c22-8-1-9-24-11-15-2-4-16(5-3-15)19-7-6-17(10-20(19)23)26-13-18(12-25-14-27)29-21(26)28/h2-7,10,14,18,24H,1,8-9,11-13H2,(H,25,27)/t18-/m0/s1. The number of anilines is 1. The molecule has 0 spiro atoms. The maximum atomic E-state index is 14.7. The van der Waals surface area contributed by atoms with Crippen molar-refractivity contribution in [3.63, 3.8) is 0 Å². The van der Waals surface area contributed by atoms with Crippen molar-refractivity contribution in [1.29, 1.82) is 0 Å². The maximum Gasteiger partial charge on any atom is 0.414 e. The van der Waals surface area contributed by atoms with Crippen LogP contribution in [0.5, 0.6) is 0 Å². The molecule has 6 nitrogen and oxygen atoms in total. The fourth-order valence-electron chi connectivity index (χ4n) is 3.15. The number of carbonyl (C=O) groups is 2. The van der Waals surface area contributed by atoms with E-state index in [1.165, 1.54) is 11.0 Å². The summed E-state index contributed by atoms with van der Waals surface area (Å²) in [4.78, 5) is 23.7. The predicted octanol–water partition coefficient (Wildman–Crippen LogP) is 3.01. The van der Waals surface area contributed by atoms with Crippen molar-refractivity contribution >= 4 is 18.2 Å². The summed E-state index contributed by atoms with van der Waals surface area (Å²) in [6.45, 7) is 1.34. The predicted molar refractivity (Wildman–Crippen MR) is 106 cm³/mol. The van der Waals surface area contributed by atoms with Crippen molar-refractivity contribution < 1.29 is 23.1 Å². The van der Waals surface area contributed by atoms with E-state index in [1.54, 1.807) is 12.1 Å². The molecule has 3 rings (SSSR count). The molecule has 0 saturated carbocycles. The Morgan fingerprint density at radius 2 is 2.00 bits per heavy atom. The minimum atomic E-state index is -0.570. The minimum Gasteiger partial charge on any atom is -0.442 e. The van der Waals surface area contributed by atoms with Gasteiger partial charge < -0.3 is 15.4 Å². The molecule has 0 aliphatic carbocycles. The van der Waals surface area contributed by atoms with E-state index in [-0.39, 0.29) is 19.8 Å². The third-order valence-electron chi connectivity index (χ3n) is 4.65. The van der Waals surface area contributed by atoms with Crippen LogP contribution in [0.25, 0.3) is 11.1 Å². The molecule has 1 atom stereocenters. The summed E-state index contributed by atoms with van der Waals surface area (Å²) >= 11 is 0. The van der Waals surface area contributed by atoms with Gasteiger partial charge in [0, 0.05) is 12.1 Å². The van der Waals surface area contributed by atoms with Crippen molar-refractivity contribution in [3.05, 3.63) is 53.8 Å². The van der Waals surface area contributed by atoms with Gasteiger partial charge >= 0.3 is 6.09 Å². The third kappa shape index (κ3) is 5.29. The number of rotatable bonds is 10. The van der Waals surface area contributed by atoms with Gasteiger partial charge in [-0.15, -0.1) is 0 Å². The molecule has 2 aromatic carbocycles. The number of ether oxygens (including phenoxy) is 1. The molecule has 1 heterocycles. The number of amides is 2. The molecule has 0 bridgehead atoms. The summed E-state index contributed by atoms with van der Waals surface area (Å²) in [6, 6.07) is 12.1. The third-order valence-corrected chi connectivity index (χ3v) is 4.65. The Bertz CT molecular complexity index is 846. The van der Waals surface area contributed by atoms with E-state index in [9.17, 15) is 18.4 Å². The normalized spacial score (nSPS) is 16.0. The molecule has 2 amide bonds. The molecule has 154 valence electrons. The molecule has 1 saturated heterocycles. The average Bonchev–Trinajstić information content (AvgIpc) is 3.11. The first-order valence-corrected chi connectivity index (χ1v) is 9.43. The molecular weight excluding hydrogens is 380 g/mol. The first kappa shape index (κ1) is 20.7. The number of hydrogen-bond donors (Lipinski definition) is 2. The van der Waals surface area contributed by atoms with Gasteiger partial charge in [0.05, 0.1) is 25.5 Å². The van der Waals surface area contributed by atoms with E-state index in [1.807, 2.05) is 24.3 Å². The SMILES string of the molecule is O=CNC[C@H]1CN(c2ccc(-c3ccc(CNCCCF)cc3)c(F)c2)C(=O)O1. The molecule has 0 aromatic heterocycles. The van der Waals surface area contributed by atoms with E-state index in [4.69, 9.17) is 4.74 Å². The van der Waals surface area contributed by atoms with E-state index in [0.717, 1.165) is 11.1 Å². The van der Waals surface area contributed by atoms with Gasteiger partial charge in [-0.3, -0.25) is 14.1 Å². The highest BCUT2D eigenvalue weighted by Crippen LogP contribution is 2.29. The lowest BCUT2D eigenvalue weighted by Crippen LogP contribution is -2.30. The molecule has 2 N–H and O–H groups in total. The first-order chi connectivity index (χ1) is 14.1. The second-order valence-electron chi connectivity index (χ2n) is 6.72. The molecular formula is C21H23F2N3O3. The summed E-state index contributed by atoms with van der Waals surface area (Å²) in [5.41, 5.74) is 2.58. The summed E-state index contributed by atoms with van der Waals surface area (Å²) in [5.74, 6) is -0.446. The Labute approximate surface area is 167 Å². The number of hydrogen-bond acceptors (Lipinski definition) is 4. The second-order valence-corrected chi connectivity index (χ2v) is 6.72. The average molecular weight is 403 g/mol. The second kappa shape index (κ2) is 9.97. The van der Waals surface area contributed by atoms with Crippen LogP contribution in [0.4, 0.5) is 19.3 Å². The monoisotopic (exact) mass is 403 g/mol. The largest absolute Gasteiger partial charge is 0.442 e. The topological polar surface area (TPSA) is 70.7 Å². The Hall–Kier alpha value is -3.00. The van der Waals surface area contributed by atoms with Crippen LogP contribution in [-0.2, 0) is 16.1 Å². The quantitative estimate of drug-likeness (QED) is 0.473. The lowest BCUT2D eigenvalue weighted by atomic mass is 10.0. The lowest BCUT2D eigenvalue weighted by Gasteiger charge is -2.14. The maximum absolute atomic E-state index is 14.7. The number of benzene rings is 2. The fraction of sp³-hybridized carbons (Fsp3) is 0.333. The van der Waals surface area contributed by atoms with Crippen molar-refractivity contribution in [2.45, 2.75) is 19.1 Å². The van der Waals surface area contributed by atoms with Crippen LogP contribution < -0.4 is 15.5 Å². The molecule has 1 aliphatic heterocycles. The van der Waals surface area contributed by atoms with Gasteiger partial charge in [-0.05, 0) is 42.3 Å². The zero-order chi connectivity index (χ0) is 20.6. The van der Waals surface area contributed by atoms with Crippen molar-refractivity contribution in [2.75, 3.05) is 31.2 Å². The summed E-state index contributed by atoms with van der Waals surface area (Å²) in [5, 5.41) is 5.61. The van der Waals surface area contributed by atoms with Crippen LogP contribution in [0.3, 0.4) is 0 Å². The fourth-order valence-corrected chi connectivity index (χ4v) is 3.15. The number of carbonyl (C=O) groups excluding carboxylic acids is 2. The first-order valence-electron chi connectivity index (χ1n) is 9.43. The number of cyclic esters (lactones) is 1. The zero-order valence-corrected chi connectivity index (χ0v) is 15.9. The van der Waals surface area contributed by atoms with Crippen LogP contribution in [0, 0.1) is 5.82 Å². The Morgan fingerprint density at radius 1 is 1.21 bits per heavy atom. The number of nitrogens with one attached hydrogen (secondary N) is 2. The summed E-state index contributed by atoms with van der Waals surface area (Å²) in [7, 11) is 0. The molecule has 0 radical (unpaired) electrons. The minimum absolute atomic E-state index is 0.210.